The van der Waals surface area contributed by atoms with Gasteiger partial charge in [-0.05, 0) is 25.0 Å². The van der Waals surface area contributed by atoms with Crippen LogP contribution in [0.15, 0.2) is 36.8 Å². The number of carbonyl (C=O) groups is 4. The van der Waals surface area contributed by atoms with Crippen LogP contribution in [0.3, 0.4) is 0 Å². The zero-order valence-electron chi connectivity index (χ0n) is 21.6. The lowest BCUT2D eigenvalue weighted by molar-refractivity contribution is -0.138. The van der Waals surface area contributed by atoms with Gasteiger partial charge in [0.05, 0.1) is 37.5 Å². The maximum atomic E-state index is 13.6. The van der Waals surface area contributed by atoms with Gasteiger partial charge in [-0.25, -0.2) is 4.98 Å². The summed E-state index contributed by atoms with van der Waals surface area (Å²) in [6.45, 7) is 1.24. The highest BCUT2D eigenvalue weighted by atomic mass is 16.5. The molecule has 0 aliphatic carbocycles. The number of fused-ring (bicyclic) bond motifs is 1. The zero-order chi connectivity index (χ0) is 27.1. The van der Waals surface area contributed by atoms with E-state index in [1.165, 1.54) is 11.2 Å². The Kier molecular flexibility index (Phi) is 8.95. The van der Waals surface area contributed by atoms with E-state index in [2.05, 4.69) is 20.6 Å². The van der Waals surface area contributed by atoms with Crippen molar-refractivity contribution in [1.29, 1.82) is 0 Å². The molecule has 3 N–H and O–H groups in total. The van der Waals surface area contributed by atoms with Gasteiger partial charge in [-0.1, -0.05) is 12.1 Å². The van der Waals surface area contributed by atoms with E-state index in [0.717, 1.165) is 12.8 Å². The Balaban J connectivity index is 1.63. The summed E-state index contributed by atoms with van der Waals surface area (Å²) in [5, 5.41) is 5.52. The summed E-state index contributed by atoms with van der Waals surface area (Å²) in [6.07, 6.45) is 4.51. The molecule has 0 spiro atoms. The SMILES string of the molecule is COC[C@@H]1CCCN1C(=O)[C@@H]1CC(=O)N[C@@H](Cc2cnc[nH]2)C(=O)N(C)CCOc2ccccc2C(=O)N1. The lowest BCUT2D eigenvalue weighted by Crippen LogP contribution is -2.54. The molecule has 4 amide bonds. The Hall–Kier alpha value is -3.93. The number of para-hydroxylation sites is 1. The van der Waals surface area contributed by atoms with Crippen LogP contribution in [0.1, 0.15) is 35.3 Å². The molecule has 3 heterocycles. The van der Waals surface area contributed by atoms with Crippen LogP contribution in [0.25, 0.3) is 0 Å². The third-order valence-electron chi connectivity index (χ3n) is 6.82. The molecule has 0 bridgehead atoms. The molecule has 1 aromatic carbocycles. The Morgan fingerprint density at radius 1 is 1.18 bits per heavy atom. The van der Waals surface area contributed by atoms with Gasteiger partial charge in [-0.2, -0.15) is 0 Å². The first-order chi connectivity index (χ1) is 18.4. The maximum Gasteiger partial charge on any atom is 0.255 e. The molecule has 1 saturated heterocycles. The van der Waals surface area contributed by atoms with Crippen LogP contribution in [0.4, 0.5) is 0 Å². The van der Waals surface area contributed by atoms with Gasteiger partial charge in [0.2, 0.25) is 17.7 Å². The van der Waals surface area contributed by atoms with Crippen molar-refractivity contribution >= 4 is 23.6 Å². The molecule has 204 valence electrons. The summed E-state index contributed by atoms with van der Waals surface area (Å²) in [7, 11) is 3.19. The molecular formula is C26H34N6O6. The molecule has 38 heavy (non-hydrogen) atoms. The second kappa shape index (κ2) is 12.5. The van der Waals surface area contributed by atoms with Crippen molar-refractivity contribution in [1.82, 2.24) is 30.4 Å². The molecule has 2 aliphatic heterocycles. The molecular weight excluding hydrogens is 492 g/mol. The topological polar surface area (TPSA) is 146 Å². The number of rotatable bonds is 5. The van der Waals surface area contributed by atoms with Crippen LogP contribution < -0.4 is 15.4 Å². The number of H-pyrrole nitrogens is 1. The molecule has 1 aromatic heterocycles. The molecule has 12 nitrogen and oxygen atoms in total. The number of ether oxygens (including phenoxy) is 2. The number of likely N-dealkylation sites (N-methyl/N-ethyl adjacent to an activating group) is 1. The molecule has 0 saturated carbocycles. The van der Waals surface area contributed by atoms with Gasteiger partial charge in [0.25, 0.3) is 5.91 Å². The quantitative estimate of drug-likeness (QED) is 0.501. The van der Waals surface area contributed by atoms with Crippen LogP contribution in [0.5, 0.6) is 5.75 Å². The van der Waals surface area contributed by atoms with Crippen LogP contribution in [-0.2, 0) is 25.5 Å². The van der Waals surface area contributed by atoms with Crippen molar-refractivity contribution in [2.75, 3.05) is 40.5 Å². The van der Waals surface area contributed by atoms with Crippen LogP contribution >= 0.6 is 0 Å². The second-order valence-electron chi connectivity index (χ2n) is 9.52. The lowest BCUT2D eigenvalue weighted by atomic mass is 10.1. The molecule has 3 atom stereocenters. The maximum absolute atomic E-state index is 13.6. The lowest BCUT2D eigenvalue weighted by Gasteiger charge is -2.30. The molecule has 4 rings (SSSR count). The fourth-order valence-corrected chi connectivity index (χ4v) is 4.83. The minimum atomic E-state index is -1.14. The number of amides is 4. The predicted molar refractivity (Wildman–Crippen MR) is 136 cm³/mol. The Morgan fingerprint density at radius 2 is 2.00 bits per heavy atom. The predicted octanol–water partition coefficient (Wildman–Crippen LogP) is 0.114. The molecule has 12 heteroatoms. The van der Waals surface area contributed by atoms with E-state index >= 15 is 0 Å². The monoisotopic (exact) mass is 526 g/mol. The van der Waals surface area contributed by atoms with Gasteiger partial charge in [0.1, 0.15) is 24.4 Å². The highest BCUT2D eigenvalue weighted by Crippen LogP contribution is 2.21. The first-order valence-electron chi connectivity index (χ1n) is 12.7. The Morgan fingerprint density at radius 3 is 2.76 bits per heavy atom. The number of imidazole rings is 1. The molecule has 2 aromatic rings. The number of nitrogens with zero attached hydrogens (tertiary/aromatic N) is 3. The van der Waals surface area contributed by atoms with E-state index < -0.39 is 23.9 Å². The minimum Gasteiger partial charge on any atom is -0.491 e. The van der Waals surface area contributed by atoms with Gasteiger partial charge < -0.3 is 34.9 Å². The van der Waals surface area contributed by atoms with Crippen LogP contribution in [0, 0.1) is 0 Å². The number of methoxy groups -OCH3 is 1. The highest BCUT2D eigenvalue weighted by Gasteiger charge is 2.36. The van der Waals surface area contributed by atoms with Crippen molar-refractivity contribution in [3.05, 3.63) is 48.0 Å². The molecule has 1 fully saturated rings. The highest BCUT2D eigenvalue weighted by molar-refractivity contribution is 6.01. The van der Waals surface area contributed by atoms with E-state index in [1.54, 1.807) is 49.5 Å². The normalized spacial score (nSPS) is 23.2. The number of likely N-dealkylation sites (tertiary alicyclic amines) is 1. The summed E-state index contributed by atoms with van der Waals surface area (Å²) in [5.74, 6) is -1.41. The van der Waals surface area contributed by atoms with E-state index in [4.69, 9.17) is 9.47 Å². The van der Waals surface area contributed by atoms with Crippen LogP contribution in [-0.4, -0.2) is 102 Å². The first kappa shape index (κ1) is 27.1. The van der Waals surface area contributed by atoms with Gasteiger partial charge in [-0.15, -0.1) is 0 Å². The number of nitrogens with one attached hydrogen (secondary N) is 3. The summed E-state index contributed by atoms with van der Waals surface area (Å²) in [5.41, 5.74) is 0.910. The van der Waals surface area contributed by atoms with E-state index in [1.807, 2.05) is 0 Å². The smallest absolute Gasteiger partial charge is 0.255 e. The van der Waals surface area contributed by atoms with Crippen molar-refractivity contribution in [2.24, 2.45) is 0 Å². The fraction of sp³-hybridized carbons (Fsp3) is 0.500. The average molecular weight is 527 g/mol. The number of hydrogen-bond donors (Lipinski definition) is 3. The zero-order valence-corrected chi connectivity index (χ0v) is 21.6. The summed E-state index contributed by atoms with van der Waals surface area (Å²) >= 11 is 0. The standard InChI is InChI=1S/C26H34N6O6/c1-31-10-11-38-22-8-4-3-7-19(22)24(34)30-21(26(36)32-9-5-6-18(32)15-37-2)13-23(33)29-20(25(31)35)12-17-14-27-16-28-17/h3-4,7-8,14,16,18,20-21H,5-6,9-13,15H2,1-2H3,(H,27,28)(H,29,33)(H,30,34)/t18-,20-,21-/m0/s1. The van der Waals surface area contributed by atoms with E-state index in [-0.39, 0.29) is 49.4 Å². The molecule has 2 aliphatic rings. The van der Waals surface area contributed by atoms with Crippen molar-refractivity contribution < 1.29 is 28.7 Å². The number of benzene rings is 1. The Bertz CT molecular complexity index is 1140. The largest absolute Gasteiger partial charge is 0.491 e. The van der Waals surface area contributed by atoms with E-state index in [9.17, 15) is 19.2 Å². The summed E-state index contributed by atoms with van der Waals surface area (Å²) < 4.78 is 11.1. The summed E-state index contributed by atoms with van der Waals surface area (Å²) in [4.78, 5) is 63.6. The minimum absolute atomic E-state index is 0.131. The molecule has 0 radical (unpaired) electrons. The number of carbonyl (C=O) groups excluding carboxylic acids is 4. The number of aromatic nitrogens is 2. The van der Waals surface area contributed by atoms with Crippen molar-refractivity contribution in [2.45, 2.75) is 43.8 Å². The van der Waals surface area contributed by atoms with Crippen molar-refractivity contribution in [3.8, 4) is 5.75 Å². The van der Waals surface area contributed by atoms with Gasteiger partial charge in [-0.3, -0.25) is 19.2 Å². The average Bonchev–Trinajstić information content (AvgIpc) is 3.59. The number of aromatic amines is 1. The Labute approximate surface area is 221 Å². The molecule has 0 unspecified atom stereocenters. The van der Waals surface area contributed by atoms with Gasteiger partial charge in [0, 0.05) is 39.0 Å². The second-order valence-corrected chi connectivity index (χ2v) is 9.52. The first-order valence-corrected chi connectivity index (χ1v) is 12.7. The third kappa shape index (κ3) is 6.49. The van der Waals surface area contributed by atoms with Gasteiger partial charge >= 0.3 is 0 Å². The van der Waals surface area contributed by atoms with E-state index in [0.29, 0.717) is 24.6 Å². The number of hydrogen-bond acceptors (Lipinski definition) is 7. The van der Waals surface area contributed by atoms with Crippen LogP contribution in [0.2, 0.25) is 0 Å². The fourth-order valence-electron chi connectivity index (χ4n) is 4.83. The third-order valence-corrected chi connectivity index (χ3v) is 6.82. The summed E-state index contributed by atoms with van der Waals surface area (Å²) in [6, 6.07) is 4.50. The van der Waals surface area contributed by atoms with Crippen molar-refractivity contribution in [3.63, 3.8) is 0 Å². The van der Waals surface area contributed by atoms with Gasteiger partial charge in [0.15, 0.2) is 0 Å².